The second-order valence-corrected chi connectivity index (χ2v) is 24.7. The Hall–Kier alpha value is -6.84. The highest BCUT2D eigenvalue weighted by atomic mass is 15.0. The Bertz CT molecular complexity index is 3770. The normalized spacial score (nSPS) is 13.5. The van der Waals surface area contributed by atoms with Gasteiger partial charge in [-0.25, -0.2) is 0 Å². The molecular weight excluding hydrogens is 844 g/mol. The highest BCUT2D eigenvalue weighted by Gasteiger charge is 2.44. The van der Waals surface area contributed by atoms with Gasteiger partial charge in [-0.1, -0.05) is 204 Å². The molecule has 0 N–H and O–H groups in total. The Morgan fingerprint density at radius 1 is 0.386 bits per heavy atom. The number of nitrogens with zero attached hydrogens (tertiary/aromatic N) is 2. The Labute approximate surface area is 416 Å². The monoisotopic (exact) mass is 909 g/mol. The Balaban J connectivity index is 1.28. The maximum atomic E-state index is 2.80. The van der Waals surface area contributed by atoms with Crippen LogP contribution < -0.4 is 10.9 Å². The lowest BCUT2D eigenvalue weighted by atomic mass is 9.45. The van der Waals surface area contributed by atoms with E-state index in [2.05, 4.69) is 257 Å². The van der Waals surface area contributed by atoms with Crippen LogP contribution in [0.1, 0.15) is 111 Å². The van der Waals surface area contributed by atoms with Gasteiger partial charge < -0.3 is 9.05 Å². The largest absolute Gasteiger partial charge is 0.375 e. The SMILES string of the molecule is Cc1ccccc1-c1c(-c2ccccc2)c2cc(C(C)(C)C)cc3c2n1B1c2c-3cc(C(C)(C)C)cc2-n2c3ccc(-c4ccc(C(C)(C)C)cc4)cc3c3cc(-c4ccc(C(C)(C)C)cc4)cc1c32. The van der Waals surface area contributed by atoms with Gasteiger partial charge in [0.2, 0.25) is 0 Å². The van der Waals surface area contributed by atoms with Crippen LogP contribution >= 0.6 is 0 Å². The number of aryl methyl sites for hydroxylation is 1. The molecule has 2 aliphatic heterocycles. The molecule has 70 heavy (non-hydrogen) atoms. The van der Waals surface area contributed by atoms with Crippen molar-refractivity contribution in [1.82, 2.24) is 9.05 Å². The lowest BCUT2D eigenvalue weighted by Crippen LogP contribution is -2.55. The van der Waals surface area contributed by atoms with Gasteiger partial charge in [0.05, 0.1) is 11.0 Å². The molecule has 0 atom stereocenters. The van der Waals surface area contributed by atoms with E-state index in [1.165, 1.54) is 133 Å². The van der Waals surface area contributed by atoms with Gasteiger partial charge in [-0.2, -0.15) is 0 Å². The van der Waals surface area contributed by atoms with E-state index in [0.717, 1.165) is 0 Å². The number of fused-ring (bicyclic) bond motifs is 7. The number of hydrogen-bond donors (Lipinski definition) is 0. The van der Waals surface area contributed by atoms with Crippen molar-refractivity contribution in [2.24, 2.45) is 0 Å². The molecule has 0 bridgehead atoms. The summed E-state index contributed by atoms with van der Waals surface area (Å²) in [6.45, 7) is 30.2. The minimum Gasteiger partial charge on any atom is -0.375 e. The third-order valence-electron chi connectivity index (χ3n) is 15.9. The highest BCUT2D eigenvalue weighted by molar-refractivity contribution is 6.90. The summed E-state index contributed by atoms with van der Waals surface area (Å²) >= 11 is 0. The Kier molecular flexibility index (Phi) is 9.56. The molecule has 12 rings (SSSR count). The fourth-order valence-corrected chi connectivity index (χ4v) is 11.8. The molecule has 2 aliphatic rings. The highest BCUT2D eigenvalue weighted by Crippen LogP contribution is 2.51. The van der Waals surface area contributed by atoms with Gasteiger partial charge in [0.15, 0.2) is 0 Å². The molecule has 2 aromatic heterocycles. The lowest BCUT2D eigenvalue weighted by Gasteiger charge is -2.37. The number of rotatable bonds is 4. The standard InChI is InChI=1S/C67H65BN2/c1-40-19-17-18-22-50(40)63-59(43-20-15-14-16-21-43)55-38-48(66(8,9)10)37-54-52-36-49(67(11,12)13)39-58-60(52)68(70(63)61(54)55)56-35-45(42-25-30-47(31-26-42)65(5,6)7)34-53-51-33-44(27-32-57(51)69(58)62(53)56)41-23-28-46(29-24-41)64(2,3)4/h14-39H,1-13H3. The zero-order valence-electron chi connectivity index (χ0n) is 43.5. The molecule has 10 aromatic rings. The van der Waals surface area contributed by atoms with Crippen LogP contribution in [-0.2, 0) is 21.7 Å². The third kappa shape index (κ3) is 6.75. The molecule has 0 fully saturated rings. The zero-order valence-corrected chi connectivity index (χ0v) is 43.5. The first-order valence-electron chi connectivity index (χ1n) is 25.5. The maximum Gasteiger partial charge on any atom is 0.333 e. The van der Waals surface area contributed by atoms with Crippen LogP contribution in [0.15, 0.2) is 158 Å². The van der Waals surface area contributed by atoms with Crippen LogP contribution in [0.5, 0.6) is 0 Å². The zero-order chi connectivity index (χ0) is 49.0. The van der Waals surface area contributed by atoms with Crippen molar-refractivity contribution < 1.29 is 0 Å². The molecule has 0 radical (unpaired) electrons. The average Bonchev–Trinajstić information content (AvgIpc) is 3.84. The van der Waals surface area contributed by atoms with Crippen molar-refractivity contribution in [3.05, 3.63) is 186 Å². The molecule has 0 unspecified atom stereocenters. The molecule has 0 spiro atoms. The van der Waals surface area contributed by atoms with Crippen molar-refractivity contribution in [1.29, 1.82) is 0 Å². The average molecular weight is 909 g/mol. The van der Waals surface area contributed by atoms with Crippen LogP contribution in [0.25, 0.3) is 94.2 Å². The van der Waals surface area contributed by atoms with Crippen molar-refractivity contribution in [3.8, 4) is 61.5 Å². The van der Waals surface area contributed by atoms with Crippen molar-refractivity contribution in [3.63, 3.8) is 0 Å². The van der Waals surface area contributed by atoms with Gasteiger partial charge in [-0.15, -0.1) is 0 Å². The summed E-state index contributed by atoms with van der Waals surface area (Å²) in [5.74, 6) is 0. The smallest absolute Gasteiger partial charge is 0.333 e. The number of aromatic nitrogens is 2. The second kappa shape index (κ2) is 15.1. The lowest BCUT2D eigenvalue weighted by molar-refractivity contribution is 0.589. The van der Waals surface area contributed by atoms with E-state index in [-0.39, 0.29) is 28.5 Å². The summed E-state index contributed by atoms with van der Waals surface area (Å²) < 4.78 is 5.46. The van der Waals surface area contributed by atoms with E-state index in [1.807, 2.05) is 0 Å². The molecule has 4 heterocycles. The molecule has 0 aliphatic carbocycles. The molecule has 3 heteroatoms. The van der Waals surface area contributed by atoms with Gasteiger partial charge >= 0.3 is 6.85 Å². The van der Waals surface area contributed by atoms with E-state index in [0.29, 0.717) is 0 Å². The predicted octanol–water partition coefficient (Wildman–Crippen LogP) is 16.9. The van der Waals surface area contributed by atoms with Gasteiger partial charge in [-0.3, -0.25) is 0 Å². The summed E-state index contributed by atoms with van der Waals surface area (Å²) in [4.78, 5) is 0. The fraction of sp³-hybridized carbons (Fsp3) is 0.254. The van der Waals surface area contributed by atoms with Gasteiger partial charge in [0.1, 0.15) is 0 Å². The minimum atomic E-state index is -0.112. The molecular formula is C67H65BN2. The van der Waals surface area contributed by atoms with Crippen LogP contribution in [0.4, 0.5) is 0 Å². The van der Waals surface area contributed by atoms with E-state index in [9.17, 15) is 0 Å². The van der Waals surface area contributed by atoms with Crippen molar-refractivity contribution in [2.45, 2.75) is 112 Å². The molecule has 2 nitrogen and oxygen atoms in total. The Morgan fingerprint density at radius 3 is 1.54 bits per heavy atom. The van der Waals surface area contributed by atoms with E-state index in [1.54, 1.807) is 0 Å². The van der Waals surface area contributed by atoms with Crippen LogP contribution in [0, 0.1) is 6.92 Å². The fourth-order valence-electron chi connectivity index (χ4n) is 11.8. The predicted molar refractivity (Wildman–Crippen MR) is 303 cm³/mol. The van der Waals surface area contributed by atoms with Crippen molar-refractivity contribution in [2.75, 3.05) is 0 Å². The van der Waals surface area contributed by atoms with Gasteiger partial charge in [0, 0.05) is 49.7 Å². The number of hydrogen-bond acceptors (Lipinski definition) is 0. The number of benzene rings is 8. The van der Waals surface area contributed by atoms with Crippen molar-refractivity contribution >= 4 is 50.5 Å². The first kappa shape index (κ1) is 44.4. The van der Waals surface area contributed by atoms with Crippen LogP contribution in [-0.4, -0.2) is 15.9 Å². The summed E-state index contributed by atoms with van der Waals surface area (Å²) in [6, 6.07) is 61.5. The van der Waals surface area contributed by atoms with Crippen LogP contribution in [0.3, 0.4) is 0 Å². The molecule has 8 aromatic carbocycles. The molecule has 0 amide bonds. The van der Waals surface area contributed by atoms with Gasteiger partial charge in [-0.05, 0) is 137 Å². The van der Waals surface area contributed by atoms with E-state index < -0.39 is 0 Å². The van der Waals surface area contributed by atoms with E-state index >= 15 is 0 Å². The maximum absolute atomic E-state index is 2.80. The van der Waals surface area contributed by atoms with E-state index in [4.69, 9.17) is 0 Å². The van der Waals surface area contributed by atoms with Crippen LogP contribution in [0.2, 0.25) is 0 Å². The summed E-state index contributed by atoms with van der Waals surface area (Å²) in [7, 11) is 0. The first-order valence-corrected chi connectivity index (χ1v) is 25.5. The van der Waals surface area contributed by atoms with Gasteiger partial charge in [0.25, 0.3) is 0 Å². The topological polar surface area (TPSA) is 9.86 Å². The minimum absolute atomic E-state index is 0.0555. The molecule has 0 saturated heterocycles. The molecule has 346 valence electrons. The Morgan fingerprint density at radius 2 is 0.929 bits per heavy atom. The third-order valence-corrected chi connectivity index (χ3v) is 15.9. The summed E-state index contributed by atoms with van der Waals surface area (Å²) in [6.07, 6.45) is 0. The first-order chi connectivity index (χ1) is 33.2. The quantitative estimate of drug-likeness (QED) is 0.156. The second-order valence-electron chi connectivity index (χ2n) is 24.7. The summed E-state index contributed by atoms with van der Waals surface area (Å²) in [5, 5.41) is 3.89. The molecule has 0 saturated carbocycles. The summed E-state index contributed by atoms with van der Waals surface area (Å²) in [5.41, 5.74) is 27.2.